The molecular weight excluding hydrogens is 224 g/mol. The van der Waals surface area contributed by atoms with E-state index in [0.29, 0.717) is 12.0 Å². The number of hydrogen-bond donors (Lipinski definition) is 1. The van der Waals surface area contributed by atoms with E-state index in [-0.39, 0.29) is 0 Å². The zero-order valence-electron chi connectivity index (χ0n) is 11.7. The summed E-state index contributed by atoms with van der Waals surface area (Å²) >= 11 is 0. The zero-order valence-corrected chi connectivity index (χ0v) is 11.7. The minimum Gasteiger partial charge on any atom is -0.444 e. The maximum atomic E-state index is 5.90. The average Bonchev–Trinajstić information content (AvgIpc) is 2.74. The third-order valence-corrected chi connectivity index (χ3v) is 3.74. The molecule has 0 radical (unpaired) electrons. The average molecular weight is 250 g/mol. The standard InChI is InChI=1S/C15H26N2O/c1-12(2)16-11-15-17-10-14(18-15)13-8-6-4-3-5-7-9-13/h10,12-13,16H,3-9,11H2,1-2H3. The van der Waals surface area contributed by atoms with Crippen LogP contribution in [0, 0.1) is 0 Å². The number of hydrogen-bond acceptors (Lipinski definition) is 3. The SMILES string of the molecule is CC(C)NCc1ncc(C2CCCCCCC2)o1. The van der Waals surface area contributed by atoms with E-state index in [1.165, 1.54) is 44.9 Å². The number of oxazole rings is 1. The third kappa shape index (κ3) is 4.13. The third-order valence-electron chi connectivity index (χ3n) is 3.74. The van der Waals surface area contributed by atoms with E-state index in [4.69, 9.17) is 4.42 Å². The summed E-state index contributed by atoms with van der Waals surface area (Å²) in [6, 6.07) is 0.474. The van der Waals surface area contributed by atoms with Gasteiger partial charge in [0.1, 0.15) is 5.76 Å². The fourth-order valence-corrected chi connectivity index (χ4v) is 2.63. The van der Waals surface area contributed by atoms with Gasteiger partial charge < -0.3 is 9.73 Å². The van der Waals surface area contributed by atoms with Crippen molar-refractivity contribution in [2.24, 2.45) is 0 Å². The van der Waals surface area contributed by atoms with Crippen LogP contribution in [-0.4, -0.2) is 11.0 Å². The second-order valence-electron chi connectivity index (χ2n) is 5.73. The van der Waals surface area contributed by atoms with Crippen LogP contribution in [0.4, 0.5) is 0 Å². The molecule has 18 heavy (non-hydrogen) atoms. The van der Waals surface area contributed by atoms with Crippen molar-refractivity contribution < 1.29 is 4.42 Å². The minimum atomic E-state index is 0.474. The molecule has 0 amide bonds. The molecule has 0 saturated heterocycles. The monoisotopic (exact) mass is 250 g/mol. The van der Waals surface area contributed by atoms with Crippen molar-refractivity contribution in [3.8, 4) is 0 Å². The first-order valence-corrected chi connectivity index (χ1v) is 7.43. The Morgan fingerprint density at radius 1 is 1.22 bits per heavy atom. The Bertz CT molecular complexity index is 338. The van der Waals surface area contributed by atoms with Crippen LogP contribution in [0.5, 0.6) is 0 Å². The van der Waals surface area contributed by atoms with E-state index in [9.17, 15) is 0 Å². The van der Waals surface area contributed by atoms with Gasteiger partial charge in [0.15, 0.2) is 0 Å². The van der Waals surface area contributed by atoms with Gasteiger partial charge in [-0.3, -0.25) is 0 Å². The summed E-state index contributed by atoms with van der Waals surface area (Å²) in [5.74, 6) is 2.55. The van der Waals surface area contributed by atoms with E-state index in [0.717, 1.165) is 18.2 Å². The number of nitrogens with one attached hydrogen (secondary N) is 1. The molecule has 102 valence electrons. The largest absolute Gasteiger partial charge is 0.444 e. The Morgan fingerprint density at radius 3 is 2.56 bits per heavy atom. The Morgan fingerprint density at radius 2 is 1.89 bits per heavy atom. The van der Waals surface area contributed by atoms with Gasteiger partial charge >= 0.3 is 0 Å². The summed E-state index contributed by atoms with van der Waals surface area (Å²) in [5, 5.41) is 3.34. The Hall–Kier alpha value is -0.830. The molecule has 1 heterocycles. The molecular formula is C15H26N2O. The van der Waals surface area contributed by atoms with Gasteiger partial charge in [-0.1, -0.05) is 46.0 Å². The van der Waals surface area contributed by atoms with Gasteiger partial charge in [0.25, 0.3) is 0 Å². The summed E-state index contributed by atoms with van der Waals surface area (Å²) in [5.41, 5.74) is 0. The van der Waals surface area contributed by atoms with E-state index < -0.39 is 0 Å². The predicted molar refractivity (Wildman–Crippen MR) is 73.5 cm³/mol. The summed E-state index contributed by atoms with van der Waals surface area (Å²) in [4.78, 5) is 4.39. The van der Waals surface area contributed by atoms with Crippen molar-refractivity contribution in [3.05, 3.63) is 17.8 Å². The highest BCUT2D eigenvalue weighted by atomic mass is 16.4. The lowest BCUT2D eigenvalue weighted by Gasteiger charge is -2.16. The highest BCUT2D eigenvalue weighted by Gasteiger charge is 2.17. The molecule has 0 bridgehead atoms. The quantitative estimate of drug-likeness (QED) is 0.877. The number of aromatic nitrogens is 1. The van der Waals surface area contributed by atoms with Crippen LogP contribution in [0.25, 0.3) is 0 Å². The summed E-state index contributed by atoms with van der Waals surface area (Å²) in [6.45, 7) is 5.02. The molecule has 0 aliphatic heterocycles. The molecule has 0 atom stereocenters. The highest BCUT2D eigenvalue weighted by Crippen LogP contribution is 2.31. The molecule has 3 heteroatoms. The van der Waals surface area contributed by atoms with E-state index in [2.05, 4.69) is 24.1 Å². The van der Waals surface area contributed by atoms with Crippen LogP contribution in [0.2, 0.25) is 0 Å². The molecule has 1 aromatic heterocycles. The van der Waals surface area contributed by atoms with Crippen molar-refractivity contribution in [2.45, 2.75) is 77.3 Å². The van der Waals surface area contributed by atoms with E-state index in [1.807, 2.05) is 6.20 Å². The molecule has 0 aromatic carbocycles. The van der Waals surface area contributed by atoms with Crippen LogP contribution in [-0.2, 0) is 6.54 Å². The van der Waals surface area contributed by atoms with Crippen molar-refractivity contribution in [2.75, 3.05) is 0 Å². The Kier molecular flexibility index (Phi) is 5.24. The molecule has 1 fully saturated rings. The summed E-state index contributed by atoms with van der Waals surface area (Å²) in [6.07, 6.45) is 11.3. The van der Waals surface area contributed by atoms with Gasteiger partial charge in [0.05, 0.1) is 12.7 Å². The van der Waals surface area contributed by atoms with Gasteiger partial charge in [0, 0.05) is 12.0 Å². The fraction of sp³-hybridized carbons (Fsp3) is 0.800. The van der Waals surface area contributed by atoms with Crippen LogP contribution >= 0.6 is 0 Å². The molecule has 3 nitrogen and oxygen atoms in total. The first kappa shape index (κ1) is 13.6. The molecule has 2 rings (SSSR count). The van der Waals surface area contributed by atoms with Gasteiger partial charge in [-0.15, -0.1) is 0 Å². The molecule has 0 unspecified atom stereocenters. The van der Waals surface area contributed by atoms with E-state index in [1.54, 1.807) is 0 Å². The van der Waals surface area contributed by atoms with Gasteiger partial charge in [-0.05, 0) is 12.8 Å². The lowest BCUT2D eigenvalue weighted by molar-refractivity contribution is 0.363. The second-order valence-corrected chi connectivity index (χ2v) is 5.73. The lowest BCUT2D eigenvalue weighted by Crippen LogP contribution is -2.21. The fourth-order valence-electron chi connectivity index (χ4n) is 2.63. The van der Waals surface area contributed by atoms with Crippen LogP contribution < -0.4 is 5.32 Å². The van der Waals surface area contributed by atoms with Crippen molar-refractivity contribution in [1.82, 2.24) is 10.3 Å². The van der Waals surface area contributed by atoms with Crippen LogP contribution in [0.1, 0.15) is 76.4 Å². The normalized spacial score (nSPS) is 18.8. The summed E-state index contributed by atoms with van der Waals surface area (Å²) < 4.78 is 5.90. The molecule has 1 aromatic rings. The molecule has 1 N–H and O–H groups in total. The topological polar surface area (TPSA) is 38.1 Å². The van der Waals surface area contributed by atoms with E-state index >= 15 is 0 Å². The Balaban J connectivity index is 1.90. The maximum Gasteiger partial charge on any atom is 0.208 e. The first-order valence-electron chi connectivity index (χ1n) is 7.43. The molecule has 1 aliphatic rings. The van der Waals surface area contributed by atoms with Crippen molar-refractivity contribution in [3.63, 3.8) is 0 Å². The first-order chi connectivity index (χ1) is 8.75. The van der Waals surface area contributed by atoms with Crippen LogP contribution in [0.3, 0.4) is 0 Å². The van der Waals surface area contributed by atoms with Gasteiger partial charge in [-0.25, -0.2) is 4.98 Å². The second kappa shape index (κ2) is 6.93. The smallest absolute Gasteiger partial charge is 0.208 e. The molecule has 0 spiro atoms. The predicted octanol–water partition coefficient (Wildman–Crippen LogP) is 4.00. The highest BCUT2D eigenvalue weighted by molar-refractivity contribution is 5.02. The lowest BCUT2D eigenvalue weighted by atomic mass is 9.90. The maximum absolute atomic E-state index is 5.90. The molecule has 1 saturated carbocycles. The zero-order chi connectivity index (χ0) is 12.8. The van der Waals surface area contributed by atoms with Crippen molar-refractivity contribution in [1.29, 1.82) is 0 Å². The minimum absolute atomic E-state index is 0.474. The van der Waals surface area contributed by atoms with Gasteiger partial charge in [-0.2, -0.15) is 0 Å². The number of nitrogens with zero attached hydrogens (tertiary/aromatic N) is 1. The Labute approximate surface area is 110 Å². The van der Waals surface area contributed by atoms with Gasteiger partial charge in [0.2, 0.25) is 5.89 Å². The summed E-state index contributed by atoms with van der Waals surface area (Å²) in [7, 11) is 0. The van der Waals surface area contributed by atoms with Crippen molar-refractivity contribution >= 4 is 0 Å². The molecule has 1 aliphatic carbocycles. The number of rotatable bonds is 4. The van der Waals surface area contributed by atoms with Crippen LogP contribution in [0.15, 0.2) is 10.6 Å².